The molecule has 0 saturated heterocycles. The molecule has 1 rings (SSSR count). The van der Waals surface area contributed by atoms with Gasteiger partial charge in [-0.25, -0.2) is 0 Å². The van der Waals surface area contributed by atoms with E-state index < -0.39 is 10.4 Å². The Bertz CT molecular complexity index is 254. The van der Waals surface area contributed by atoms with Crippen LogP contribution in [0, 0.1) is 0 Å². The van der Waals surface area contributed by atoms with Crippen molar-refractivity contribution in [1.29, 1.82) is 0 Å². The minimum absolute atomic E-state index is 0.537. The summed E-state index contributed by atoms with van der Waals surface area (Å²) in [5.74, 6) is 0. The van der Waals surface area contributed by atoms with Crippen LogP contribution in [0.3, 0.4) is 0 Å². The Labute approximate surface area is 78.0 Å². The average molecular weight is 210 g/mol. The highest BCUT2D eigenvalue weighted by atomic mass is 32.3. The Morgan fingerprint density at radius 1 is 1.15 bits per heavy atom. The standard InChI is InChI=1S/C6H12N2.H2O4S/c1-6-7(2)4-5-8(6)3;1-5(2,3)4/h4-6H,1-3H3;(H2,1,2,3,4). The zero-order chi connectivity index (χ0) is 10.6. The SMILES string of the molecule is CC1N(C)C=CN1C.O=S(=O)(O)O. The lowest BCUT2D eigenvalue weighted by Gasteiger charge is -2.22. The molecule has 1 aliphatic rings. The second-order valence-electron chi connectivity index (χ2n) is 2.71. The van der Waals surface area contributed by atoms with Gasteiger partial charge in [0.25, 0.3) is 0 Å². The largest absolute Gasteiger partial charge is 0.394 e. The molecule has 1 aliphatic heterocycles. The number of hydrogen-bond acceptors (Lipinski definition) is 4. The quantitative estimate of drug-likeness (QED) is 0.549. The van der Waals surface area contributed by atoms with Gasteiger partial charge < -0.3 is 9.80 Å². The maximum atomic E-state index is 8.74. The molecule has 6 nitrogen and oxygen atoms in total. The molecule has 2 N–H and O–H groups in total. The molecule has 0 unspecified atom stereocenters. The van der Waals surface area contributed by atoms with Crippen LogP contribution in [0.5, 0.6) is 0 Å². The van der Waals surface area contributed by atoms with Crippen LogP contribution in [-0.2, 0) is 10.4 Å². The van der Waals surface area contributed by atoms with Crippen molar-refractivity contribution in [1.82, 2.24) is 9.80 Å². The van der Waals surface area contributed by atoms with Gasteiger partial charge in [0.15, 0.2) is 0 Å². The van der Waals surface area contributed by atoms with Crippen LogP contribution in [0.25, 0.3) is 0 Å². The number of rotatable bonds is 0. The first-order chi connectivity index (χ1) is 5.72. The molecule has 0 atom stereocenters. The molecule has 0 amide bonds. The maximum absolute atomic E-state index is 8.74. The van der Waals surface area contributed by atoms with Crippen LogP contribution in [0.15, 0.2) is 12.4 Å². The van der Waals surface area contributed by atoms with E-state index in [1.807, 2.05) is 0 Å². The topological polar surface area (TPSA) is 81.1 Å². The highest BCUT2D eigenvalue weighted by molar-refractivity contribution is 7.79. The highest BCUT2D eigenvalue weighted by Crippen LogP contribution is 2.08. The van der Waals surface area contributed by atoms with Crippen molar-refractivity contribution in [3.63, 3.8) is 0 Å². The normalized spacial score (nSPS) is 17.3. The second kappa shape index (κ2) is 4.45. The first-order valence-electron chi connectivity index (χ1n) is 3.54. The summed E-state index contributed by atoms with van der Waals surface area (Å²) in [7, 11) is -0.519. The van der Waals surface area contributed by atoms with Gasteiger partial charge in [-0.2, -0.15) is 8.42 Å². The van der Waals surface area contributed by atoms with E-state index in [9.17, 15) is 0 Å². The Morgan fingerprint density at radius 3 is 1.46 bits per heavy atom. The first-order valence-corrected chi connectivity index (χ1v) is 4.93. The summed E-state index contributed by atoms with van der Waals surface area (Å²) in [6.45, 7) is 2.17. The van der Waals surface area contributed by atoms with Crippen molar-refractivity contribution in [2.75, 3.05) is 14.1 Å². The zero-order valence-corrected chi connectivity index (χ0v) is 8.56. The van der Waals surface area contributed by atoms with Crippen molar-refractivity contribution in [3.05, 3.63) is 12.4 Å². The smallest absolute Gasteiger partial charge is 0.359 e. The third kappa shape index (κ3) is 6.38. The van der Waals surface area contributed by atoms with Gasteiger partial charge in [0.1, 0.15) is 0 Å². The van der Waals surface area contributed by atoms with Crippen molar-refractivity contribution < 1.29 is 17.5 Å². The molecule has 78 valence electrons. The summed E-state index contributed by atoms with van der Waals surface area (Å²) in [6.07, 6.45) is 4.69. The molecular formula is C6H14N2O4S. The number of hydrogen-bond donors (Lipinski definition) is 2. The van der Waals surface area contributed by atoms with Crippen LogP contribution in [-0.4, -0.2) is 47.6 Å². The van der Waals surface area contributed by atoms with Crippen LogP contribution in [0.2, 0.25) is 0 Å². The summed E-state index contributed by atoms with van der Waals surface area (Å²) in [6, 6.07) is 0. The Hall–Kier alpha value is -0.790. The first kappa shape index (κ1) is 12.2. The van der Waals surface area contributed by atoms with Crippen molar-refractivity contribution in [3.8, 4) is 0 Å². The van der Waals surface area contributed by atoms with E-state index in [0.29, 0.717) is 6.17 Å². The summed E-state index contributed by atoms with van der Waals surface area (Å²) >= 11 is 0. The molecule has 0 spiro atoms. The molecular weight excluding hydrogens is 196 g/mol. The minimum atomic E-state index is -4.67. The molecule has 0 aromatic heterocycles. The molecule has 0 fully saturated rings. The van der Waals surface area contributed by atoms with E-state index >= 15 is 0 Å². The lowest BCUT2D eigenvalue weighted by atomic mass is 10.5. The van der Waals surface area contributed by atoms with Crippen molar-refractivity contribution in [2.24, 2.45) is 0 Å². The predicted molar refractivity (Wildman–Crippen MR) is 48.3 cm³/mol. The molecule has 0 aromatic rings. The van der Waals surface area contributed by atoms with Gasteiger partial charge in [-0.3, -0.25) is 9.11 Å². The maximum Gasteiger partial charge on any atom is 0.394 e. The van der Waals surface area contributed by atoms with Gasteiger partial charge in [0, 0.05) is 26.5 Å². The lowest BCUT2D eigenvalue weighted by Crippen LogP contribution is -2.30. The highest BCUT2D eigenvalue weighted by Gasteiger charge is 2.12. The van der Waals surface area contributed by atoms with Crippen molar-refractivity contribution in [2.45, 2.75) is 13.1 Å². The Morgan fingerprint density at radius 2 is 1.38 bits per heavy atom. The minimum Gasteiger partial charge on any atom is -0.359 e. The van der Waals surface area contributed by atoms with E-state index in [2.05, 4.69) is 43.2 Å². The molecule has 0 saturated carbocycles. The van der Waals surface area contributed by atoms with Crippen molar-refractivity contribution >= 4 is 10.4 Å². The van der Waals surface area contributed by atoms with Gasteiger partial charge in [0.2, 0.25) is 0 Å². The summed E-state index contributed by atoms with van der Waals surface area (Å²) in [4.78, 5) is 4.33. The lowest BCUT2D eigenvalue weighted by molar-refractivity contribution is 0.226. The third-order valence-corrected chi connectivity index (χ3v) is 1.72. The van der Waals surface area contributed by atoms with E-state index in [4.69, 9.17) is 17.5 Å². The summed E-state index contributed by atoms with van der Waals surface area (Å²) in [5, 5.41) is 0. The molecule has 7 heteroatoms. The second-order valence-corrected chi connectivity index (χ2v) is 3.60. The fourth-order valence-corrected chi connectivity index (χ4v) is 0.747. The van der Waals surface area contributed by atoms with Gasteiger partial charge in [0.05, 0.1) is 6.17 Å². The van der Waals surface area contributed by atoms with Crippen LogP contribution < -0.4 is 0 Å². The zero-order valence-electron chi connectivity index (χ0n) is 7.75. The Balaban J connectivity index is 0.000000252. The molecule has 1 heterocycles. The van der Waals surface area contributed by atoms with E-state index in [1.54, 1.807) is 0 Å². The molecule has 0 aliphatic carbocycles. The summed E-state index contributed by atoms with van der Waals surface area (Å²) < 4.78 is 31.6. The monoisotopic (exact) mass is 210 g/mol. The van der Waals surface area contributed by atoms with E-state index in [0.717, 1.165) is 0 Å². The van der Waals surface area contributed by atoms with Gasteiger partial charge in [-0.05, 0) is 6.92 Å². The van der Waals surface area contributed by atoms with E-state index in [1.165, 1.54) is 0 Å². The van der Waals surface area contributed by atoms with Crippen LogP contribution in [0.4, 0.5) is 0 Å². The fourth-order valence-electron chi connectivity index (χ4n) is 0.747. The van der Waals surface area contributed by atoms with Crippen LogP contribution in [0.1, 0.15) is 6.92 Å². The predicted octanol–water partition coefficient (Wildman–Crippen LogP) is 0.0280. The van der Waals surface area contributed by atoms with E-state index in [-0.39, 0.29) is 0 Å². The average Bonchev–Trinajstić information content (AvgIpc) is 2.16. The fraction of sp³-hybridized carbons (Fsp3) is 0.667. The molecule has 0 aromatic carbocycles. The van der Waals surface area contributed by atoms with Gasteiger partial charge in [-0.1, -0.05) is 0 Å². The molecule has 13 heavy (non-hydrogen) atoms. The Kier molecular flexibility index (Phi) is 4.18. The molecule has 0 radical (unpaired) electrons. The van der Waals surface area contributed by atoms with Gasteiger partial charge >= 0.3 is 10.4 Å². The summed E-state index contributed by atoms with van der Waals surface area (Å²) in [5.41, 5.74) is 0. The van der Waals surface area contributed by atoms with Crippen LogP contribution >= 0.6 is 0 Å². The molecule has 0 bridgehead atoms. The van der Waals surface area contributed by atoms with Gasteiger partial charge in [-0.15, -0.1) is 0 Å². The third-order valence-electron chi connectivity index (χ3n) is 1.72. The number of nitrogens with zero attached hydrogens (tertiary/aromatic N) is 2.